The third-order valence-electron chi connectivity index (χ3n) is 6.24. The van der Waals surface area contributed by atoms with Crippen LogP contribution in [0.2, 0.25) is 10.0 Å². The highest BCUT2D eigenvalue weighted by Gasteiger charge is 2.38. The van der Waals surface area contributed by atoms with Crippen LogP contribution in [0.3, 0.4) is 0 Å². The Bertz CT molecular complexity index is 1210. The van der Waals surface area contributed by atoms with Crippen LogP contribution in [0, 0.1) is 0 Å². The zero-order valence-electron chi connectivity index (χ0n) is 19.3. The van der Waals surface area contributed by atoms with E-state index in [1.54, 1.807) is 59.4 Å². The van der Waals surface area contributed by atoms with Gasteiger partial charge in [-0.05, 0) is 74.4 Å². The summed E-state index contributed by atoms with van der Waals surface area (Å²) in [6.07, 6.45) is 0.509. The Kier molecular flexibility index (Phi) is 7.15. The van der Waals surface area contributed by atoms with Crippen LogP contribution in [0.1, 0.15) is 42.1 Å². The summed E-state index contributed by atoms with van der Waals surface area (Å²) in [4.78, 5) is 30.8. The number of benzene rings is 3. The first-order valence-electron chi connectivity index (χ1n) is 11.2. The first-order chi connectivity index (χ1) is 16.3. The van der Waals surface area contributed by atoms with Crippen LogP contribution < -0.4 is 14.5 Å². The average Bonchev–Trinajstić information content (AvgIpc) is 2.85. The van der Waals surface area contributed by atoms with Crippen molar-refractivity contribution in [2.45, 2.75) is 32.2 Å². The Morgan fingerprint density at radius 2 is 1.74 bits per heavy atom. The number of halogens is 2. The van der Waals surface area contributed by atoms with Gasteiger partial charge >= 0.3 is 0 Å². The lowest BCUT2D eigenvalue weighted by Gasteiger charge is -2.40. The summed E-state index contributed by atoms with van der Waals surface area (Å²) >= 11 is 12.3. The molecule has 0 saturated carbocycles. The maximum Gasteiger partial charge on any atom is 0.258 e. The molecule has 34 heavy (non-hydrogen) atoms. The summed E-state index contributed by atoms with van der Waals surface area (Å²) in [6.45, 7) is 4.39. The number of nitrogens with zero attached hydrogens (tertiary/aromatic N) is 2. The molecule has 0 bridgehead atoms. The highest BCUT2D eigenvalue weighted by molar-refractivity contribution is 6.42. The van der Waals surface area contributed by atoms with Gasteiger partial charge in [0.25, 0.3) is 5.91 Å². The number of para-hydroxylation sites is 1. The van der Waals surface area contributed by atoms with Crippen molar-refractivity contribution >= 4 is 46.4 Å². The van der Waals surface area contributed by atoms with Crippen molar-refractivity contribution in [2.24, 2.45) is 0 Å². The molecule has 176 valence electrons. The molecule has 3 aromatic rings. The zero-order chi connectivity index (χ0) is 24.4. The molecule has 3 aromatic carbocycles. The standard InChI is InChI=1S/C27H26Cl2N2O3/c1-4-30(19-11-14-23(28)24(29)16-19)27(33)22-15-17(2)31(25-8-6-5-7-21(22)25)26(32)18-9-12-20(34-3)13-10-18/h5-14,16-17,22H,4,15H2,1-3H3/t17-,22-/m0/s1. The number of likely N-dealkylation sites (N-methyl/N-ethyl adjacent to an activating group) is 1. The van der Waals surface area contributed by atoms with Gasteiger partial charge in [-0.3, -0.25) is 9.59 Å². The first-order valence-corrected chi connectivity index (χ1v) is 11.9. The first kappa shape index (κ1) is 24.1. The topological polar surface area (TPSA) is 49.9 Å². The third-order valence-corrected chi connectivity index (χ3v) is 6.98. The van der Waals surface area contributed by atoms with Crippen LogP contribution in [0.25, 0.3) is 0 Å². The monoisotopic (exact) mass is 496 g/mol. The smallest absolute Gasteiger partial charge is 0.258 e. The molecule has 7 heteroatoms. The minimum absolute atomic E-state index is 0.0308. The molecule has 0 aromatic heterocycles. The number of anilines is 2. The molecule has 2 amide bonds. The van der Waals surface area contributed by atoms with Gasteiger partial charge in [-0.2, -0.15) is 0 Å². The quantitative estimate of drug-likeness (QED) is 0.400. The molecule has 1 heterocycles. The van der Waals surface area contributed by atoms with Crippen molar-refractivity contribution in [3.8, 4) is 5.75 Å². The van der Waals surface area contributed by atoms with Crippen LogP contribution in [-0.4, -0.2) is 31.5 Å². The lowest BCUT2D eigenvalue weighted by atomic mass is 9.84. The number of hydrogen-bond donors (Lipinski definition) is 0. The van der Waals surface area contributed by atoms with Crippen molar-refractivity contribution in [2.75, 3.05) is 23.5 Å². The van der Waals surface area contributed by atoms with E-state index in [0.717, 1.165) is 11.3 Å². The molecule has 0 radical (unpaired) electrons. The van der Waals surface area contributed by atoms with Gasteiger partial charge in [-0.1, -0.05) is 41.4 Å². The molecule has 5 nitrogen and oxygen atoms in total. The number of amides is 2. The van der Waals surface area contributed by atoms with E-state index < -0.39 is 0 Å². The van der Waals surface area contributed by atoms with Gasteiger partial charge in [0.1, 0.15) is 5.75 Å². The second-order valence-corrected chi connectivity index (χ2v) is 9.10. The van der Waals surface area contributed by atoms with E-state index in [1.807, 2.05) is 38.1 Å². The SMILES string of the molecule is CCN(C(=O)[C@H]1C[C@H](C)N(C(=O)c2ccc(OC)cc2)c2ccccc21)c1ccc(Cl)c(Cl)c1. The molecule has 0 unspecified atom stereocenters. The van der Waals surface area contributed by atoms with Gasteiger partial charge in [0.15, 0.2) is 0 Å². The molecule has 2 atom stereocenters. The van der Waals surface area contributed by atoms with E-state index in [0.29, 0.717) is 40.0 Å². The summed E-state index contributed by atoms with van der Waals surface area (Å²) in [7, 11) is 1.59. The van der Waals surface area contributed by atoms with Crippen LogP contribution in [0.15, 0.2) is 66.7 Å². The Hall–Kier alpha value is -3.02. The largest absolute Gasteiger partial charge is 0.497 e. The van der Waals surface area contributed by atoms with E-state index in [4.69, 9.17) is 27.9 Å². The molecule has 0 spiro atoms. The predicted octanol–water partition coefficient (Wildman–Crippen LogP) is 6.58. The maximum absolute atomic E-state index is 13.8. The van der Waals surface area contributed by atoms with Gasteiger partial charge in [-0.25, -0.2) is 0 Å². The van der Waals surface area contributed by atoms with Gasteiger partial charge in [0.05, 0.1) is 23.1 Å². The van der Waals surface area contributed by atoms with E-state index in [-0.39, 0.29) is 23.8 Å². The number of methoxy groups -OCH3 is 1. The lowest BCUT2D eigenvalue weighted by molar-refractivity contribution is -0.120. The van der Waals surface area contributed by atoms with Crippen molar-refractivity contribution < 1.29 is 14.3 Å². The summed E-state index contributed by atoms with van der Waals surface area (Å²) in [5, 5.41) is 0.845. The number of rotatable bonds is 5. The molecule has 1 aliphatic rings. The van der Waals surface area contributed by atoms with Crippen LogP contribution in [0.5, 0.6) is 5.75 Å². The number of carbonyl (C=O) groups excluding carboxylic acids is 2. The van der Waals surface area contributed by atoms with E-state index in [1.165, 1.54) is 0 Å². The fourth-order valence-electron chi connectivity index (χ4n) is 4.54. The minimum Gasteiger partial charge on any atom is -0.497 e. The second kappa shape index (κ2) is 10.1. The van der Waals surface area contributed by atoms with Crippen molar-refractivity contribution in [3.05, 3.63) is 87.9 Å². The molecular weight excluding hydrogens is 471 g/mol. The van der Waals surface area contributed by atoms with Gasteiger partial charge in [0, 0.05) is 29.5 Å². The van der Waals surface area contributed by atoms with Gasteiger partial charge in [0.2, 0.25) is 5.91 Å². The Labute approximate surface area is 209 Å². The molecule has 4 rings (SSSR count). The summed E-state index contributed by atoms with van der Waals surface area (Å²) in [6, 6.07) is 19.7. The average molecular weight is 497 g/mol. The highest BCUT2D eigenvalue weighted by Crippen LogP contribution is 2.41. The fourth-order valence-corrected chi connectivity index (χ4v) is 4.83. The van der Waals surface area contributed by atoms with E-state index in [9.17, 15) is 9.59 Å². The number of carbonyl (C=O) groups is 2. The van der Waals surface area contributed by atoms with Crippen molar-refractivity contribution in [3.63, 3.8) is 0 Å². The number of ether oxygens (including phenoxy) is 1. The normalized spacial score (nSPS) is 17.1. The van der Waals surface area contributed by atoms with E-state index in [2.05, 4.69) is 0 Å². The third kappa shape index (κ3) is 4.50. The molecule has 1 aliphatic heterocycles. The molecular formula is C27H26Cl2N2O3. The summed E-state index contributed by atoms with van der Waals surface area (Å²) in [5.74, 6) is 0.166. The molecule has 0 fully saturated rings. The fraction of sp³-hybridized carbons (Fsp3) is 0.259. The highest BCUT2D eigenvalue weighted by atomic mass is 35.5. The number of fused-ring (bicyclic) bond motifs is 1. The maximum atomic E-state index is 13.8. The Morgan fingerprint density at radius 3 is 2.38 bits per heavy atom. The summed E-state index contributed by atoms with van der Waals surface area (Å²) < 4.78 is 5.21. The molecule has 0 aliphatic carbocycles. The lowest BCUT2D eigenvalue weighted by Crippen LogP contribution is -2.46. The Balaban J connectivity index is 1.69. The van der Waals surface area contributed by atoms with Crippen LogP contribution in [0.4, 0.5) is 11.4 Å². The Morgan fingerprint density at radius 1 is 1.03 bits per heavy atom. The van der Waals surface area contributed by atoms with Gasteiger partial charge < -0.3 is 14.5 Å². The zero-order valence-corrected chi connectivity index (χ0v) is 20.8. The molecule has 0 saturated heterocycles. The van der Waals surface area contributed by atoms with Crippen LogP contribution in [-0.2, 0) is 4.79 Å². The predicted molar refractivity (Wildman–Crippen MR) is 138 cm³/mol. The van der Waals surface area contributed by atoms with Crippen molar-refractivity contribution in [1.29, 1.82) is 0 Å². The number of hydrogen-bond acceptors (Lipinski definition) is 3. The van der Waals surface area contributed by atoms with Crippen molar-refractivity contribution in [1.82, 2.24) is 0 Å². The van der Waals surface area contributed by atoms with Crippen LogP contribution >= 0.6 is 23.2 Å². The van der Waals surface area contributed by atoms with Gasteiger partial charge in [-0.15, -0.1) is 0 Å². The minimum atomic E-state index is -0.388. The summed E-state index contributed by atoms with van der Waals surface area (Å²) in [5.41, 5.74) is 2.86. The van der Waals surface area contributed by atoms with E-state index >= 15 is 0 Å². The second-order valence-electron chi connectivity index (χ2n) is 8.28. The molecule has 0 N–H and O–H groups in total.